The number of hydrogen-bond acceptors (Lipinski definition) is 3. The molecule has 0 aliphatic rings. The second-order valence-corrected chi connectivity index (χ2v) is 2.99. The van der Waals surface area contributed by atoms with E-state index in [-0.39, 0.29) is 18.7 Å². The van der Waals surface area contributed by atoms with E-state index in [2.05, 4.69) is 4.98 Å². The molecule has 0 saturated carbocycles. The van der Waals surface area contributed by atoms with Crippen LogP contribution >= 0.6 is 0 Å². The molecular weight excluding hydrogens is 154 g/mol. The lowest BCUT2D eigenvalue weighted by Crippen LogP contribution is -2.32. The molecule has 0 spiro atoms. The molecule has 12 heavy (non-hydrogen) atoms. The van der Waals surface area contributed by atoms with Crippen molar-refractivity contribution in [3.63, 3.8) is 0 Å². The highest BCUT2D eigenvalue weighted by molar-refractivity contribution is 4.94. The lowest BCUT2D eigenvalue weighted by atomic mass is 10.1. The fourth-order valence-electron chi connectivity index (χ4n) is 1.25. The van der Waals surface area contributed by atoms with Gasteiger partial charge >= 0.3 is 0 Å². The Morgan fingerprint density at radius 1 is 1.75 bits per heavy atom. The minimum Gasteiger partial charge on any atom is -0.394 e. The molecule has 3 N–H and O–H groups in total. The molecule has 0 fully saturated rings. The molecule has 1 rings (SSSR count). The molecule has 4 heteroatoms. The van der Waals surface area contributed by atoms with Gasteiger partial charge < -0.3 is 15.4 Å². The summed E-state index contributed by atoms with van der Waals surface area (Å²) in [7, 11) is 0. The van der Waals surface area contributed by atoms with E-state index in [1.54, 1.807) is 6.20 Å². The van der Waals surface area contributed by atoms with E-state index in [0.29, 0.717) is 0 Å². The number of nitrogens with two attached hydrogens (primary N) is 1. The summed E-state index contributed by atoms with van der Waals surface area (Å²) in [5.41, 5.74) is 5.70. The first-order valence-corrected chi connectivity index (χ1v) is 4.02. The van der Waals surface area contributed by atoms with Crippen molar-refractivity contribution in [2.75, 3.05) is 6.61 Å². The van der Waals surface area contributed by atoms with Gasteiger partial charge in [-0.25, -0.2) is 4.98 Å². The van der Waals surface area contributed by atoms with Crippen LogP contribution in [0.3, 0.4) is 0 Å². The van der Waals surface area contributed by atoms with Gasteiger partial charge in [-0.05, 0) is 13.8 Å². The molecule has 0 aliphatic carbocycles. The predicted octanol–water partition coefficient (Wildman–Crippen LogP) is 0.0721. The van der Waals surface area contributed by atoms with E-state index in [1.165, 1.54) is 0 Å². The minimum atomic E-state index is -0.0668. The molecular formula is C8H15N3O. The highest BCUT2D eigenvalue weighted by atomic mass is 16.3. The van der Waals surface area contributed by atoms with Crippen LogP contribution in [0.25, 0.3) is 0 Å². The Morgan fingerprint density at radius 3 is 2.75 bits per heavy atom. The van der Waals surface area contributed by atoms with Gasteiger partial charge in [0.1, 0.15) is 5.82 Å². The number of rotatable bonds is 3. The first kappa shape index (κ1) is 9.22. The van der Waals surface area contributed by atoms with Gasteiger partial charge in [0.05, 0.1) is 12.6 Å². The monoisotopic (exact) mass is 169 g/mol. The molecule has 0 aromatic carbocycles. The van der Waals surface area contributed by atoms with Crippen LogP contribution < -0.4 is 5.73 Å². The molecule has 0 bridgehead atoms. The number of imidazole rings is 1. The van der Waals surface area contributed by atoms with Crippen LogP contribution in [-0.2, 0) is 0 Å². The average molecular weight is 169 g/mol. The Hall–Kier alpha value is -0.870. The Bertz CT molecular complexity index is 244. The van der Waals surface area contributed by atoms with Crippen molar-refractivity contribution in [3.8, 4) is 0 Å². The number of aryl methyl sites for hydroxylation is 1. The highest BCUT2D eigenvalue weighted by Gasteiger charge is 2.15. The largest absolute Gasteiger partial charge is 0.394 e. The lowest BCUT2D eigenvalue weighted by molar-refractivity contribution is 0.209. The van der Waals surface area contributed by atoms with Crippen LogP contribution in [0.2, 0.25) is 0 Å². The normalized spacial score (nSPS) is 16.0. The topological polar surface area (TPSA) is 64.1 Å². The SMILES string of the molecule is Cc1nccn1C(CO)C(C)N. The molecule has 1 heterocycles. The predicted molar refractivity (Wildman–Crippen MR) is 46.7 cm³/mol. The van der Waals surface area contributed by atoms with Crippen molar-refractivity contribution < 1.29 is 5.11 Å². The number of aliphatic hydroxyl groups is 1. The number of aromatic nitrogens is 2. The molecule has 1 aromatic heterocycles. The fraction of sp³-hybridized carbons (Fsp3) is 0.625. The molecule has 0 saturated heterocycles. The average Bonchev–Trinajstić information content (AvgIpc) is 2.38. The summed E-state index contributed by atoms with van der Waals surface area (Å²) >= 11 is 0. The van der Waals surface area contributed by atoms with Crippen LogP contribution in [0.1, 0.15) is 18.8 Å². The summed E-state index contributed by atoms with van der Waals surface area (Å²) in [6, 6.07) is -0.129. The molecule has 1 aromatic rings. The van der Waals surface area contributed by atoms with E-state index in [0.717, 1.165) is 5.82 Å². The second-order valence-electron chi connectivity index (χ2n) is 2.99. The van der Waals surface area contributed by atoms with Gasteiger partial charge in [-0.15, -0.1) is 0 Å². The van der Waals surface area contributed by atoms with E-state index in [9.17, 15) is 0 Å². The molecule has 2 unspecified atom stereocenters. The third-order valence-electron chi connectivity index (χ3n) is 2.01. The number of aliphatic hydroxyl groups excluding tert-OH is 1. The third kappa shape index (κ3) is 1.65. The highest BCUT2D eigenvalue weighted by Crippen LogP contribution is 2.11. The third-order valence-corrected chi connectivity index (χ3v) is 2.01. The van der Waals surface area contributed by atoms with E-state index in [4.69, 9.17) is 10.8 Å². The van der Waals surface area contributed by atoms with Crippen molar-refractivity contribution in [2.45, 2.75) is 25.9 Å². The lowest BCUT2D eigenvalue weighted by Gasteiger charge is -2.20. The molecule has 0 aliphatic heterocycles. The summed E-state index contributed by atoms with van der Waals surface area (Å²) in [6.45, 7) is 3.82. The summed E-state index contributed by atoms with van der Waals surface area (Å²) in [4.78, 5) is 4.06. The van der Waals surface area contributed by atoms with Gasteiger partial charge in [0.2, 0.25) is 0 Å². The Morgan fingerprint density at radius 2 is 2.42 bits per heavy atom. The molecule has 4 nitrogen and oxygen atoms in total. The van der Waals surface area contributed by atoms with Gasteiger partial charge in [-0.3, -0.25) is 0 Å². The van der Waals surface area contributed by atoms with Gasteiger partial charge in [-0.2, -0.15) is 0 Å². The fourth-order valence-corrected chi connectivity index (χ4v) is 1.25. The zero-order valence-electron chi connectivity index (χ0n) is 7.44. The van der Waals surface area contributed by atoms with Crippen molar-refractivity contribution in [1.82, 2.24) is 9.55 Å². The van der Waals surface area contributed by atoms with E-state index in [1.807, 2.05) is 24.6 Å². The Balaban J connectivity index is 2.87. The first-order chi connectivity index (χ1) is 5.66. The van der Waals surface area contributed by atoms with Crippen LogP contribution in [0.4, 0.5) is 0 Å². The summed E-state index contributed by atoms with van der Waals surface area (Å²) < 4.78 is 1.89. The van der Waals surface area contributed by atoms with Crippen LogP contribution in [0, 0.1) is 6.92 Å². The molecule has 2 atom stereocenters. The number of hydrogen-bond donors (Lipinski definition) is 2. The zero-order valence-corrected chi connectivity index (χ0v) is 7.44. The summed E-state index contributed by atoms with van der Waals surface area (Å²) in [5.74, 6) is 0.881. The Kier molecular flexibility index (Phi) is 2.83. The van der Waals surface area contributed by atoms with E-state index >= 15 is 0 Å². The van der Waals surface area contributed by atoms with Crippen molar-refractivity contribution in [3.05, 3.63) is 18.2 Å². The quantitative estimate of drug-likeness (QED) is 0.673. The summed E-state index contributed by atoms with van der Waals surface area (Å²) in [6.07, 6.45) is 3.54. The smallest absolute Gasteiger partial charge is 0.105 e. The summed E-state index contributed by atoms with van der Waals surface area (Å²) in [5, 5.41) is 9.06. The van der Waals surface area contributed by atoms with Gasteiger partial charge in [0.15, 0.2) is 0 Å². The maximum atomic E-state index is 9.06. The Labute approximate surface area is 72.0 Å². The first-order valence-electron chi connectivity index (χ1n) is 4.02. The zero-order chi connectivity index (χ0) is 9.14. The van der Waals surface area contributed by atoms with E-state index < -0.39 is 0 Å². The van der Waals surface area contributed by atoms with Crippen LogP contribution in [-0.4, -0.2) is 27.3 Å². The standard InChI is InChI=1S/C8H15N3O/c1-6(9)8(5-12)11-4-3-10-7(11)2/h3-4,6,8,12H,5,9H2,1-2H3. The maximum absolute atomic E-state index is 9.06. The maximum Gasteiger partial charge on any atom is 0.105 e. The molecule has 0 amide bonds. The molecule has 0 radical (unpaired) electrons. The van der Waals surface area contributed by atoms with Crippen LogP contribution in [0.15, 0.2) is 12.4 Å². The number of nitrogens with zero attached hydrogens (tertiary/aromatic N) is 2. The minimum absolute atomic E-state index is 0.0505. The van der Waals surface area contributed by atoms with Crippen molar-refractivity contribution >= 4 is 0 Å². The van der Waals surface area contributed by atoms with Gasteiger partial charge in [0, 0.05) is 18.4 Å². The van der Waals surface area contributed by atoms with Gasteiger partial charge in [0.25, 0.3) is 0 Å². The van der Waals surface area contributed by atoms with Crippen molar-refractivity contribution in [1.29, 1.82) is 0 Å². The van der Waals surface area contributed by atoms with Crippen LogP contribution in [0.5, 0.6) is 0 Å². The molecule has 68 valence electrons. The second kappa shape index (κ2) is 3.69. The van der Waals surface area contributed by atoms with Crippen molar-refractivity contribution in [2.24, 2.45) is 5.73 Å². The van der Waals surface area contributed by atoms with Gasteiger partial charge in [-0.1, -0.05) is 0 Å².